The lowest BCUT2D eigenvalue weighted by Gasteiger charge is -2.22. The number of nitrogens with zero attached hydrogens (tertiary/aromatic N) is 3. The fraction of sp³-hybridized carbons (Fsp3) is 0.0556. The molecule has 8 aromatic carbocycles. The lowest BCUT2D eigenvalue weighted by Crippen LogP contribution is -2.14. The average Bonchev–Trinajstić information content (AvgIpc) is 3.94. The molecule has 1 aliphatic rings. The van der Waals surface area contributed by atoms with E-state index < -0.39 is 0 Å². The molecule has 0 N–H and O–H groups in total. The highest BCUT2D eigenvalue weighted by Gasteiger charge is 2.35. The van der Waals surface area contributed by atoms with Gasteiger partial charge in [0, 0.05) is 53.1 Å². The molecule has 0 saturated heterocycles. The van der Waals surface area contributed by atoms with E-state index in [2.05, 4.69) is 159 Å². The molecule has 0 saturated carbocycles. The molecule has 0 radical (unpaired) electrons. The van der Waals surface area contributed by atoms with Crippen molar-refractivity contribution in [3.63, 3.8) is 0 Å². The third-order valence-electron chi connectivity index (χ3n) is 12.2. The Morgan fingerprint density at radius 3 is 1.86 bits per heavy atom. The average molecular weight is 774 g/mol. The Labute approximate surface area is 345 Å². The molecular weight excluding hydrogens is 739 g/mol. The lowest BCUT2D eigenvalue weighted by molar-refractivity contribution is 0.660. The Morgan fingerprint density at radius 1 is 0.407 bits per heavy atom. The summed E-state index contributed by atoms with van der Waals surface area (Å²) in [7, 11) is 0. The minimum atomic E-state index is -0.0390. The molecule has 4 nitrogen and oxygen atoms in total. The first-order chi connectivity index (χ1) is 29.0. The number of fused-ring (bicyclic) bond motifs is 9. The summed E-state index contributed by atoms with van der Waals surface area (Å²) < 4.78 is 8.92. The second-order valence-corrected chi connectivity index (χ2v) is 17.0. The van der Waals surface area contributed by atoms with Crippen LogP contribution in [0.1, 0.15) is 25.0 Å². The molecule has 0 bridgehead atoms. The van der Waals surface area contributed by atoms with E-state index in [1.54, 1.807) is 11.3 Å². The van der Waals surface area contributed by atoms with Gasteiger partial charge in [0.05, 0.1) is 0 Å². The van der Waals surface area contributed by atoms with Gasteiger partial charge in [-0.3, -0.25) is 0 Å². The molecule has 5 heteroatoms. The maximum atomic E-state index is 6.51. The quantitative estimate of drug-likeness (QED) is 0.175. The van der Waals surface area contributed by atoms with E-state index in [9.17, 15) is 0 Å². The molecular formula is C54H35N3OS. The van der Waals surface area contributed by atoms with Crippen LogP contribution in [0.3, 0.4) is 0 Å². The number of hydrogen-bond acceptors (Lipinski definition) is 5. The maximum Gasteiger partial charge on any atom is 0.165 e. The van der Waals surface area contributed by atoms with Gasteiger partial charge < -0.3 is 4.42 Å². The van der Waals surface area contributed by atoms with Crippen LogP contribution in [0, 0.1) is 0 Å². The van der Waals surface area contributed by atoms with Crippen LogP contribution in [0.4, 0.5) is 0 Å². The molecule has 59 heavy (non-hydrogen) atoms. The maximum absolute atomic E-state index is 6.51. The van der Waals surface area contributed by atoms with Gasteiger partial charge in [0.2, 0.25) is 0 Å². The highest BCUT2D eigenvalue weighted by atomic mass is 32.1. The predicted molar refractivity (Wildman–Crippen MR) is 245 cm³/mol. The van der Waals surface area contributed by atoms with Crippen LogP contribution in [-0.2, 0) is 5.41 Å². The van der Waals surface area contributed by atoms with Gasteiger partial charge in [-0.15, -0.1) is 11.3 Å². The highest BCUT2D eigenvalue weighted by Crippen LogP contribution is 2.50. The van der Waals surface area contributed by atoms with Crippen molar-refractivity contribution < 1.29 is 4.42 Å². The molecule has 0 unspecified atom stereocenters. The molecule has 0 aliphatic heterocycles. The van der Waals surface area contributed by atoms with E-state index in [1.807, 2.05) is 30.3 Å². The van der Waals surface area contributed by atoms with Crippen molar-refractivity contribution >= 4 is 53.4 Å². The normalized spacial score (nSPS) is 13.1. The zero-order chi connectivity index (χ0) is 39.2. The van der Waals surface area contributed by atoms with E-state index >= 15 is 0 Å². The van der Waals surface area contributed by atoms with Crippen LogP contribution in [0.15, 0.2) is 180 Å². The second kappa shape index (κ2) is 12.9. The van der Waals surface area contributed by atoms with Crippen molar-refractivity contribution in [2.45, 2.75) is 19.3 Å². The first-order valence-electron chi connectivity index (χ1n) is 20.0. The Bertz CT molecular complexity index is 3470. The number of rotatable bonds is 5. The van der Waals surface area contributed by atoms with Crippen molar-refractivity contribution in [2.24, 2.45) is 0 Å². The molecule has 3 aromatic heterocycles. The van der Waals surface area contributed by atoms with Gasteiger partial charge >= 0.3 is 0 Å². The van der Waals surface area contributed by atoms with Gasteiger partial charge in [0.1, 0.15) is 11.2 Å². The van der Waals surface area contributed by atoms with Crippen molar-refractivity contribution in [1.82, 2.24) is 15.0 Å². The third-order valence-corrected chi connectivity index (χ3v) is 13.4. The Morgan fingerprint density at radius 2 is 1.02 bits per heavy atom. The minimum Gasteiger partial charge on any atom is -0.456 e. The van der Waals surface area contributed by atoms with Gasteiger partial charge in [0.25, 0.3) is 0 Å². The fourth-order valence-electron chi connectivity index (χ4n) is 9.19. The van der Waals surface area contributed by atoms with Gasteiger partial charge in [0.15, 0.2) is 17.5 Å². The van der Waals surface area contributed by atoms with Crippen LogP contribution in [-0.4, -0.2) is 15.0 Å². The summed E-state index contributed by atoms with van der Waals surface area (Å²) >= 11 is 1.78. The zero-order valence-electron chi connectivity index (χ0n) is 32.4. The van der Waals surface area contributed by atoms with Crippen molar-refractivity contribution in [1.29, 1.82) is 0 Å². The zero-order valence-corrected chi connectivity index (χ0v) is 33.2. The molecule has 0 atom stereocenters. The van der Waals surface area contributed by atoms with E-state index in [1.165, 1.54) is 48.9 Å². The topological polar surface area (TPSA) is 51.8 Å². The summed E-state index contributed by atoms with van der Waals surface area (Å²) in [5.41, 5.74) is 14.5. The van der Waals surface area contributed by atoms with Crippen molar-refractivity contribution in [2.75, 3.05) is 0 Å². The first kappa shape index (κ1) is 33.9. The molecule has 0 fully saturated rings. The molecule has 278 valence electrons. The molecule has 0 amide bonds. The summed E-state index contributed by atoms with van der Waals surface area (Å²) in [4.78, 5) is 15.5. The van der Waals surface area contributed by atoms with Crippen molar-refractivity contribution in [3.05, 3.63) is 187 Å². The first-order valence-corrected chi connectivity index (χ1v) is 20.8. The lowest BCUT2D eigenvalue weighted by atomic mass is 9.81. The van der Waals surface area contributed by atoms with Crippen LogP contribution in [0.2, 0.25) is 0 Å². The van der Waals surface area contributed by atoms with Crippen molar-refractivity contribution in [3.8, 4) is 67.5 Å². The van der Waals surface area contributed by atoms with E-state index in [-0.39, 0.29) is 5.41 Å². The standard InChI is InChI=1S/C54H35N3OS/c1-54(2)44-19-8-6-14-37(44)38-28-26-36(31-45(38)54)33-24-22-32(23-25-33)35-27-29-46-43(30-35)49-41(17-11-20-47(49)58-46)52-55-51(34-12-4-3-5-13-34)56-53(57-52)42-18-10-16-40-39-15-7-9-21-48(39)59-50(40)42/h3-31H,1-2H3. The summed E-state index contributed by atoms with van der Waals surface area (Å²) in [6.45, 7) is 4.67. The van der Waals surface area contributed by atoms with Gasteiger partial charge in [-0.25, -0.2) is 15.0 Å². The molecule has 1 aliphatic carbocycles. The van der Waals surface area contributed by atoms with Crippen LogP contribution in [0.25, 0.3) is 110 Å². The highest BCUT2D eigenvalue weighted by molar-refractivity contribution is 7.26. The van der Waals surface area contributed by atoms with Crippen LogP contribution < -0.4 is 0 Å². The van der Waals surface area contributed by atoms with E-state index in [4.69, 9.17) is 19.4 Å². The summed E-state index contributed by atoms with van der Waals surface area (Å²) in [5, 5.41) is 4.45. The number of thiophene rings is 1. The predicted octanol–water partition coefficient (Wildman–Crippen LogP) is 14.8. The Kier molecular flexibility index (Phi) is 7.41. The van der Waals surface area contributed by atoms with E-state index in [0.717, 1.165) is 54.5 Å². The fourth-order valence-corrected chi connectivity index (χ4v) is 10.4. The van der Waals surface area contributed by atoms with Crippen LogP contribution >= 0.6 is 11.3 Å². The molecule has 11 aromatic rings. The number of benzene rings is 8. The Hall–Kier alpha value is -7.21. The van der Waals surface area contributed by atoms with Gasteiger partial charge in [-0.2, -0.15) is 0 Å². The smallest absolute Gasteiger partial charge is 0.165 e. The molecule has 0 spiro atoms. The number of hydrogen-bond donors (Lipinski definition) is 0. The monoisotopic (exact) mass is 773 g/mol. The van der Waals surface area contributed by atoms with E-state index in [0.29, 0.717) is 17.5 Å². The largest absolute Gasteiger partial charge is 0.456 e. The SMILES string of the molecule is CC1(C)c2ccccc2-c2ccc(-c3ccc(-c4ccc5oc6cccc(-c7nc(-c8ccccc8)nc(-c8cccc9c8sc8ccccc89)n7)c6c5c4)cc3)cc21. The number of furan rings is 1. The summed E-state index contributed by atoms with van der Waals surface area (Å²) in [6, 6.07) is 62.5. The second-order valence-electron chi connectivity index (χ2n) is 16.0. The van der Waals surface area contributed by atoms with Crippen LogP contribution in [0.5, 0.6) is 0 Å². The number of aromatic nitrogens is 3. The van der Waals surface area contributed by atoms with Gasteiger partial charge in [-0.1, -0.05) is 153 Å². The Balaban J connectivity index is 0.968. The minimum absolute atomic E-state index is 0.0390. The molecule has 12 rings (SSSR count). The molecule has 3 heterocycles. The summed E-state index contributed by atoms with van der Waals surface area (Å²) in [6.07, 6.45) is 0. The summed E-state index contributed by atoms with van der Waals surface area (Å²) in [5.74, 6) is 1.88. The van der Waals surface area contributed by atoms with Gasteiger partial charge in [-0.05, 0) is 80.9 Å². The third kappa shape index (κ3) is 5.32.